The number of rotatable bonds is 6. The zero-order valence-electron chi connectivity index (χ0n) is 14.8. The molecule has 2 heterocycles. The molecule has 0 bridgehead atoms. The third kappa shape index (κ3) is 4.77. The fraction of sp³-hybridized carbons (Fsp3) is 0.421. The molecule has 0 unspecified atom stereocenters. The molecule has 1 fully saturated rings. The minimum Gasteiger partial charge on any atom is -0.380 e. The lowest BCUT2D eigenvalue weighted by Crippen LogP contribution is -2.45. The van der Waals surface area contributed by atoms with Crippen LogP contribution in [0.1, 0.15) is 28.0 Å². The van der Waals surface area contributed by atoms with Gasteiger partial charge in [0, 0.05) is 37.5 Å². The van der Waals surface area contributed by atoms with Crippen LogP contribution < -0.4 is 5.56 Å². The zero-order chi connectivity index (χ0) is 18.4. The van der Waals surface area contributed by atoms with Crippen LogP contribution in [-0.2, 0) is 22.5 Å². The fourth-order valence-electron chi connectivity index (χ4n) is 3.08. The van der Waals surface area contributed by atoms with Crippen molar-refractivity contribution < 1.29 is 14.3 Å². The third-order valence-corrected chi connectivity index (χ3v) is 4.37. The maximum Gasteiger partial charge on any atom is 0.254 e. The number of morpholine rings is 1. The molecule has 1 aliphatic heterocycles. The average molecular weight is 357 g/mol. The first-order valence-electron chi connectivity index (χ1n) is 8.68. The quantitative estimate of drug-likeness (QED) is 0.845. The van der Waals surface area contributed by atoms with Gasteiger partial charge in [0.1, 0.15) is 0 Å². The standard InChI is InChI=1S/C19H23N3O4/c1-25-12-14-3-2-4-15(9-14)19(24)22-7-8-26-17(11-22)6-5-16-10-18(23)21-13-20-16/h2-4,9-10,13,17H,5-8,11-12H2,1H3,(H,20,21,23)/t17-/m1/s1. The highest BCUT2D eigenvalue weighted by molar-refractivity contribution is 5.94. The molecular weight excluding hydrogens is 334 g/mol. The highest BCUT2D eigenvalue weighted by atomic mass is 16.5. The molecule has 0 radical (unpaired) electrons. The molecule has 0 aliphatic carbocycles. The smallest absolute Gasteiger partial charge is 0.254 e. The summed E-state index contributed by atoms with van der Waals surface area (Å²) >= 11 is 0. The van der Waals surface area contributed by atoms with E-state index in [2.05, 4.69) is 9.97 Å². The van der Waals surface area contributed by atoms with Crippen molar-refractivity contribution in [2.24, 2.45) is 0 Å². The number of benzene rings is 1. The Labute approximate surface area is 152 Å². The van der Waals surface area contributed by atoms with Crippen LogP contribution in [0.5, 0.6) is 0 Å². The lowest BCUT2D eigenvalue weighted by atomic mass is 10.1. The second-order valence-electron chi connectivity index (χ2n) is 6.32. The summed E-state index contributed by atoms with van der Waals surface area (Å²) in [5.41, 5.74) is 2.21. The third-order valence-electron chi connectivity index (χ3n) is 4.37. The summed E-state index contributed by atoms with van der Waals surface area (Å²) in [6.07, 6.45) is 2.70. The number of hydrogen-bond donors (Lipinski definition) is 1. The molecule has 0 spiro atoms. The molecule has 1 amide bonds. The van der Waals surface area contributed by atoms with Crippen LogP contribution >= 0.6 is 0 Å². The lowest BCUT2D eigenvalue weighted by molar-refractivity contribution is -0.0247. The molecule has 138 valence electrons. The Morgan fingerprint density at radius 2 is 2.31 bits per heavy atom. The number of ether oxygens (including phenoxy) is 2. The van der Waals surface area contributed by atoms with Crippen LogP contribution in [-0.4, -0.2) is 53.7 Å². The summed E-state index contributed by atoms with van der Waals surface area (Å²) in [5.74, 6) is 0.00512. The summed E-state index contributed by atoms with van der Waals surface area (Å²) in [6.45, 7) is 2.11. The minimum absolute atomic E-state index is 0.00512. The van der Waals surface area contributed by atoms with Crippen molar-refractivity contribution in [2.45, 2.75) is 25.6 Å². The Bertz CT molecular complexity index is 805. The van der Waals surface area contributed by atoms with Gasteiger partial charge >= 0.3 is 0 Å². The number of nitrogens with zero attached hydrogens (tertiary/aromatic N) is 2. The van der Waals surface area contributed by atoms with Crippen LogP contribution in [0.2, 0.25) is 0 Å². The molecule has 1 saturated heterocycles. The van der Waals surface area contributed by atoms with Crippen molar-refractivity contribution in [2.75, 3.05) is 26.8 Å². The number of carbonyl (C=O) groups is 1. The van der Waals surface area contributed by atoms with Crippen LogP contribution in [0.25, 0.3) is 0 Å². The summed E-state index contributed by atoms with van der Waals surface area (Å²) in [5, 5.41) is 0. The molecule has 2 aromatic rings. The number of aromatic nitrogens is 2. The van der Waals surface area contributed by atoms with Gasteiger partial charge in [0.15, 0.2) is 0 Å². The number of hydrogen-bond acceptors (Lipinski definition) is 5. The molecule has 1 aromatic carbocycles. The van der Waals surface area contributed by atoms with E-state index in [-0.39, 0.29) is 17.6 Å². The van der Waals surface area contributed by atoms with E-state index in [1.807, 2.05) is 29.2 Å². The fourth-order valence-corrected chi connectivity index (χ4v) is 3.08. The van der Waals surface area contributed by atoms with E-state index >= 15 is 0 Å². The van der Waals surface area contributed by atoms with Crippen molar-refractivity contribution >= 4 is 5.91 Å². The van der Waals surface area contributed by atoms with E-state index in [0.29, 0.717) is 44.7 Å². The van der Waals surface area contributed by atoms with Gasteiger partial charge in [-0.05, 0) is 30.5 Å². The average Bonchev–Trinajstić information content (AvgIpc) is 2.67. The van der Waals surface area contributed by atoms with Gasteiger partial charge in [-0.15, -0.1) is 0 Å². The van der Waals surface area contributed by atoms with Crippen molar-refractivity contribution in [3.8, 4) is 0 Å². The molecule has 3 rings (SSSR count). The monoisotopic (exact) mass is 357 g/mol. The maximum atomic E-state index is 12.8. The van der Waals surface area contributed by atoms with Gasteiger partial charge in [0.05, 0.1) is 25.6 Å². The number of aromatic amines is 1. The predicted molar refractivity (Wildman–Crippen MR) is 96.0 cm³/mol. The van der Waals surface area contributed by atoms with Crippen LogP contribution in [0, 0.1) is 0 Å². The molecule has 7 nitrogen and oxygen atoms in total. The molecular formula is C19H23N3O4. The Morgan fingerprint density at radius 1 is 1.42 bits per heavy atom. The summed E-state index contributed by atoms with van der Waals surface area (Å²) < 4.78 is 10.9. The molecule has 0 saturated carbocycles. The Morgan fingerprint density at radius 3 is 3.12 bits per heavy atom. The molecule has 1 aliphatic rings. The van der Waals surface area contributed by atoms with Crippen molar-refractivity contribution in [3.63, 3.8) is 0 Å². The molecule has 26 heavy (non-hydrogen) atoms. The van der Waals surface area contributed by atoms with Gasteiger partial charge in [-0.3, -0.25) is 9.59 Å². The number of carbonyl (C=O) groups excluding carboxylic acids is 1. The van der Waals surface area contributed by atoms with Crippen LogP contribution in [0.4, 0.5) is 0 Å². The molecule has 1 atom stereocenters. The van der Waals surface area contributed by atoms with Gasteiger partial charge in [0.2, 0.25) is 0 Å². The number of aryl methyl sites for hydroxylation is 1. The normalized spacial score (nSPS) is 17.3. The van der Waals surface area contributed by atoms with Crippen molar-refractivity contribution in [1.82, 2.24) is 14.9 Å². The Balaban J connectivity index is 1.59. The van der Waals surface area contributed by atoms with Gasteiger partial charge in [-0.2, -0.15) is 0 Å². The first-order valence-corrected chi connectivity index (χ1v) is 8.68. The van der Waals surface area contributed by atoms with Gasteiger partial charge < -0.3 is 19.4 Å². The minimum atomic E-state index is -0.160. The maximum absolute atomic E-state index is 12.8. The summed E-state index contributed by atoms with van der Waals surface area (Å²) in [4.78, 5) is 32.6. The zero-order valence-corrected chi connectivity index (χ0v) is 14.8. The number of nitrogens with one attached hydrogen (secondary N) is 1. The first kappa shape index (κ1) is 18.3. The van der Waals surface area contributed by atoms with E-state index < -0.39 is 0 Å². The first-order chi connectivity index (χ1) is 12.7. The number of amides is 1. The van der Waals surface area contributed by atoms with E-state index in [1.165, 1.54) is 12.4 Å². The summed E-state index contributed by atoms with van der Waals surface area (Å²) in [7, 11) is 1.64. The van der Waals surface area contributed by atoms with E-state index in [1.54, 1.807) is 7.11 Å². The Hall–Kier alpha value is -2.51. The van der Waals surface area contributed by atoms with Crippen molar-refractivity contribution in [1.29, 1.82) is 0 Å². The van der Waals surface area contributed by atoms with E-state index in [0.717, 1.165) is 11.3 Å². The second kappa shape index (κ2) is 8.73. The number of H-pyrrole nitrogens is 1. The van der Waals surface area contributed by atoms with Gasteiger partial charge in [-0.25, -0.2) is 4.98 Å². The number of methoxy groups -OCH3 is 1. The van der Waals surface area contributed by atoms with E-state index in [9.17, 15) is 9.59 Å². The lowest BCUT2D eigenvalue weighted by Gasteiger charge is -2.33. The van der Waals surface area contributed by atoms with Crippen LogP contribution in [0.15, 0.2) is 41.5 Å². The Kier molecular flexibility index (Phi) is 6.14. The van der Waals surface area contributed by atoms with Gasteiger partial charge in [0.25, 0.3) is 11.5 Å². The van der Waals surface area contributed by atoms with Crippen LogP contribution in [0.3, 0.4) is 0 Å². The van der Waals surface area contributed by atoms with Crippen molar-refractivity contribution in [3.05, 3.63) is 63.8 Å². The second-order valence-corrected chi connectivity index (χ2v) is 6.32. The molecule has 1 N–H and O–H groups in total. The molecule has 1 aromatic heterocycles. The largest absolute Gasteiger partial charge is 0.380 e. The SMILES string of the molecule is COCc1cccc(C(=O)N2CCO[C@H](CCc3cc(=O)[nH]cn3)C2)c1. The predicted octanol–water partition coefficient (Wildman–Crippen LogP) is 1.39. The summed E-state index contributed by atoms with van der Waals surface area (Å²) in [6, 6.07) is 9.00. The van der Waals surface area contributed by atoms with E-state index in [4.69, 9.17) is 9.47 Å². The highest BCUT2D eigenvalue weighted by Crippen LogP contribution is 2.15. The topological polar surface area (TPSA) is 84.5 Å². The highest BCUT2D eigenvalue weighted by Gasteiger charge is 2.25. The molecule has 7 heteroatoms. The van der Waals surface area contributed by atoms with Gasteiger partial charge in [-0.1, -0.05) is 12.1 Å².